The average molecular weight is 298 g/mol. The van der Waals surface area contributed by atoms with Crippen LogP contribution >= 0.6 is 11.8 Å². The van der Waals surface area contributed by atoms with E-state index in [1.54, 1.807) is 30.2 Å². The Morgan fingerprint density at radius 2 is 2.05 bits per heavy atom. The maximum Gasteiger partial charge on any atom is 0.348 e. The molecule has 1 aromatic heterocycles. The molecule has 112 valence electrons. The SMILES string of the molecule is CCC(CSC)n1c(C)c(C(C)C(=O)O)c(C)nc1=O. The van der Waals surface area contributed by atoms with E-state index in [4.69, 9.17) is 0 Å². The molecule has 0 fully saturated rings. The third kappa shape index (κ3) is 3.23. The fourth-order valence-corrected chi connectivity index (χ4v) is 3.31. The van der Waals surface area contributed by atoms with E-state index >= 15 is 0 Å². The van der Waals surface area contributed by atoms with Gasteiger partial charge in [-0.2, -0.15) is 16.7 Å². The van der Waals surface area contributed by atoms with Gasteiger partial charge in [-0.05, 0) is 33.4 Å². The van der Waals surface area contributed by atoms with E-state index in [1.165, 1.54) is 0 Å². The van der Waals surface area contributed by atoms with Crippen LogP contribution in [-0.4, -0.2) is 32.6 Å². The first-order valence-corrected chi connectivity index (χ1v) is 8.05. The summed E-state index contributed by atoms with van der Waals surface area (Å²) >= 11 is 1.67. The molecule has 0 amide bonds. The maximum absolute atomic E-state index is 12.2. The molecule has 0 spiro atoms. The molecule has 0 radical (unpaired) electrons. The molecular formula is C14H22N2O3S. The van der Waals surface area contributed by atoms with Gasteiger partial charge >= 0.3 is 11.7 Å². The van der Waals surface area contributed by atoms with E-state index in [0.29, 0.717) is 11.3 Å². The van der Waals surface area contributed by atoms with Gasteiger partial charge in [0, 0.05) is 28.7 Å². The van der Waals surface area contributed by atoms with Crippen molar-refractivity contribution in [1.29, 1.82) is 0 Å². The molecule has 1 aromatic rings. The zero-order valence-corrected chi connectivity index (χ0v) is 13.5. The van der Waals surface area contributed by atoms with E-state index in [1.807, 2.05) is 20.1 Å². The molecular weight excluding hydrogens is 276 g/mol. The van der Waals surface area contributed by atoms with Crippen molar-refractivity contribution in [2.45, 2.75) is 46.1 Å². The Labute approximate surface area is 123 Å². The van der Waals surface area contributed by atoms with Crippen molar-refractivity contribution in [3.05, 3.63) is 27.4 Å². The van der Waals surface area contributed by atoms with Crippen LogP contribution in [0.5, 0.6) is 0 Å². The lowest BCUT2D eigenvalue weighted by Gasteiger charge is -2.23. The summed E-state index contributed by atoms with van der Waals surface area (Å²) in [6.45, 7) is 7.16. The van der Waals surface area contributed by atoms with Crippen LogP contribution in [0.4, 0.5) is 0 Å². The standard InChI is InChI=1S/C14H22N2O3S/c1-6-11(7-20-5)16-10(4)12(8(2)13(17)18)9(3)15-14(16)19/h8,11H,6-7H2,1-5H3,(H,17,18). The molecule has 0 saturated heterocycles. The number of rotatable bonds is 6. The number of thioether (sulfide) groups is 1. The van der Waals surface area contributed by atoms with Crippen LogP contribution in [0.15, 0.2) is 4.79 Å². The number of carbonyl (C=O) groups is 1. The molecule has 2 unspecified atom stereocenters. The van der Waals surface area contributed by atoms with Crippen molar-refractivity contribution < 1.29 is 9.90 Å². The van der Waals surface area contributed by atoms with E-state index < -0.39 is 11.9 Å². The summed E-state index contributed by atoms with van der Waals surface area (Å²) in [7, 11) is 0. The molecule has 0 aliphatic rings. The lowest BCUT2D eigenvalue weighted by atomic mass is 9.97. The Morgan fingerprint density at radius 3 is 2.50 bits per heavy atom. The molecule has 1 rings (SSSR count). The van der Waals surface area contributed by atoms with E-state index in [0.717, 1.165) is 17.9 Å². The normalized spacial score (nSPS) is 14.1. The monoisotopic (exact) mass is 298 g/mol. The molecule has 1 N–H and O–H groups in total. The van der Waals surface area contributed by atoms with Crippen LogP contribution in [0.3, 0.4) is 0 Å². The van der Waals surface area contributed by atoms with Gasteiger partial charge in [-0.1, -0.05) is 6.92 Å². The quantitative estimate of drug-likeness (QED) is 0.873. The van der Waals surface area contributed by atoms with E-state index in [2.05, 4.69) is 4.98 Å². The summed E-state index contributed by atoms with van der Waals surface area (Å²) in [6.07, 6.45) is 2.80. The highest BCUT2D eigenvalue weighted by molar-refractivity contribution is 7.98. The summed E-state index contributed by atoms with van der Waals surface area (Å²) in [5, 5.41) is 9.22. The molecule has 1 heterocycles. The molecule has 0 bridgehead atoms. The first kappa shape index (κ1) is 16.8. The van der Waals surface area contributed by atoms with Crippen molar-refractivity contribution in [2.75, 3.05) is 12.0 Å². The fraction of sp³-hybridized carbons (Fsp3) is 0.643. The van der Waals surface area contributed by atoms with E-state index in [-0.39, 0.29) is 11.7 Å². The minimum atomic E-state index is -0.902. The largest absolute Gasteiger partial charge is 0.481 e. The average Bonchev–Trinajstić information content (AvgIpc) is 2.36. The van der Waals surface area contributed by atoms with Crippen molar-refractivity contribution in [3.63, 3.8) is 0 Å². The van der Waals surface area contributed by atoms with Gasteiger partial charge in [-0.25, -0.2) is 4.79 Å². The zero-order valence-electron chi connectivity index (χ0n) is 12.6. The van der Waals surface area contributed by atoms with Crippen molar-refractivity contribution in [1.82, 2.24) is 9.55 Å². The number of aryl methyl sites for hydroxylation is 1. The van der Waals surface area contributed by atoms with Gasteiger partial charge in [0.05, 0.1) is 5.92 Å². The molecule has 0 aromatic carbocycles. The lowest BCUT2D eigenvalue weighted by Crippen LogP contribution is -2.33. The summed E-state index contributed by atoms with van der Waals surface area (Å²) in [6, 6.07) is 0.0466. The third-order valence-corrected chi connectivity index (χ3v) is 4.33. The Bertz CT molecular complexity index is 554. The number of aliphatic carboxylic acids is 1. The molecule has 5 nitrogen and oxygen atoms in total. The van der Waals surface area contributed by atoms with Gasteiger partial charge in [0.1, 0.15) is 0 Å². The molecule has 0 aliphatic heterocycles. The minimum Gasteiger partial charge on any atom is -0.481 e. The summed E-state index contributed by atoms with van der Waals surface area (Å²) < 4.78 is 1.65. The first-order chi connectivity index (χ1) is 9.34. The molecule has 0 saturated carbocycles. The molecule has 20 heavy (non-hydrogen) atoms. The van der Waals surface area contributed by atoms with Gasteiger partial charge in [0.25, 0.3) is 0 Å². The number of hydrogen-bond acceptors (Lipinski definition) is 4. The Kier molecular flexibility index (Phi) is 5.80. The summed E-state index contributed by atoms with van der Waals surface area (Å²) in [5.74, 6) is -0.759. The Hall–Kier alpha value is -1.30. The van der Waals surface area contributed by atoms with Crippen LogP contribution in [0.1, 0.15) is 49.2 Å². The molecule has 2 atom stereocenters. The van der Waals surface area contributed by atoms with Crippen LogP contribution in [0, 0.1) is 13.8 Å². The lowest BCUT2D eigenvalue weighted by molar-refractivity contribution is -0.138. The minimum absolute atomic E-state index is 0.0466. The number of aromatic nitrogens is 2. The highest BCUT2D eigenvalue weighted by Gasteiger charge is 2.24. The van der Waals surface area contributed by atoms with Crippen LogP contribution < -0.4 is 5.69 Å². The van der Waals surface area contributed by atoms with Gasteiger partial charge in [0.2, 0.25) is 0 Å². The van der Waals surface area contributed by atoms with Crippen LogP contribution in [0.2, 0.25) is 0 Å². The second kappa shape index (κ2) is 6.92. The second-order valence-electron chi connectivity index (χ2n) is 4.93. The zero-order chi connectivity index (χ0) is 15.4. The topological polar surface area (TPSA) is 72.2 Å². The summed E-state index contributed by atoms with van der Waals surface area (Å²) in [4.78, 5) is 27.4. The molecule has 0 aliphatic carbocycles. The van der Waals surface area contributed by atoms with Crippen molar-refractivity contribution in [2.24, 2.45) is 0 Å². The fourth-order valence-electron chi connectivity index (χ4n) is 2.54. The van der Waals surface area contributed by atoms with Gasteiger partial charge < -0.3 is 5.11 Å². The number of carboxylic acids is 1. The van der Waals surface area contributed by atoms with E-state index in [9.17, 15) is 14.7 Å². The second-order valence-corrected chi connectivity index (χ2v) is 5.84. The van der Waals surface area contributed by atoms with Crippen LogP contribution in [0.25, 0.3) is 0 Å². The van der Waals surface area contributed by atoms with Crippen molar-refractivity contribution in [3.8, 4) is 0 Å². The predicted octanol–water partition coefficient (Wildman–Crippen LogP) is 2.36. The van der Waals surface area contributed by atoms with Gasteiger partial charge in [-0.15, -0.1) is 0 Å². The molecule has 6 heteroatoms. The van der Waals surface area contributed by atoms with Gasteiger partial charge in [0.15, 0.2) is 0 Å². The number of nitrogens with zero attached hydrogens (tertiary/aromatic N) is 2. The first-order valence-electron chi connectivity index (χ1n) is 6.66. The summed E-state index contributed by atoms with van der Waals surface area (Å²) in [5.41, 5.74) is 1.59. The van der Waals surface area contributed by atoms with Gasteiger partial charge in [-0.3, -0.25) is 9.36 Å². The number of carboxylic acid groups (broad SMARTS) is 1. The Morgan fingerprint density at radius 1 is 1.45 bits per heavy atom. The predicted molar refractivity (Wildman–Crippen MR) is 81.7 cm³/mol. The van der Waals surface area contributed by atoms with Crippen molar-refractivity contribution >= 4 is 17.7 Å². The highest BCUT2D eigenvalue weighted by Crippen LogP contribution is 2.25. The van der Waals surface area contributed by atoms with Crippen LogP contribution in [-0.2, 0) is 4.79 Å². The smallest absolute Gasteiger partial charge is 0.348 e. The number of hydrogen-bond donors (Lipinski definition) is 1. The Balaban J connectivity index is 3.50. The highest BCUT2D eigenvalue weighted by atomic mass is 32.2. The third-order valence-electron chi connectivity index (χ3n) is 3.61. The maximum atomic E-state index is 12.2.